The predicted octanol–water partition coefficient (Wildman–Crippen LogP) is 1.37. The van der Waals surface area contributed by atoms with Crippen LogP contribution in [0.3, 0.4) is 0 Å². The van der Waals surface area contributed by atoms with Crippen molar-refractivity contribution in [1.29, 1.82) is 0 Å². The summed E-state index contributed by atoms with van der Waals surface area (Å²) in [5.74, 6) is -0.333. The van der Waals surface area contributed by atoms with Gasteiger partial charge in [0.2, 0.25) is 0 Å². The van der Waals surface area contributed by atoms with Gasteiger partial charge >= 0.3 is 5.97 Å². The van der Waals surface area contributed by atoms with Gasteiger partial charge in [-0.05, 0) is 6.07 Å². The van der Waals surface area contributed by atoms with E-state index in [0.717, 1.165) is 6.08 Å². The maximum Gasteiger partial charge on any atom is 0.337 e. The van der Waals surface area contributed by atoms with Gasteiger partial charge in [-0.3, -0.25) is 0 Å². The third-order valence-corrected chi connectivity index (χ3v) is 0.863. The first-order valence-corrected chi connectivity index (χ1v) is 2.70. The summed E-state index contributed by atoms with van der Waals surface area (Å²) in [6, 6.07) is 3.17. The molecule has 3 nitrogen and oxygen atoms in total. The maximum absolute atomic E-state index is 10.5. The number of ether oxygens (including phenoxy) is 1. The van der Waals surface area contributed by atoms with Crippen molar-refractivity contribution in [2.45, 2.75) is 0 Å². The Morgan fingerprint density at radius 2 is 2.60 bits per heavy atom. The topological polar surface area (TPSA) is 39.4 Å². The minimum absolute atomic E-state index is 0.185. The molecule has 0 aliphatic rings. The Balaban J connectivity index is 2.56. The van der Waals surface area contributed by atoms with Gasteiger partial charge in [0.05, 0.1) is 6.26 Å². The molecule has 0 amide bonds. The molecule has 0 bridgehead atoms. The lowest BCUT2D eigenvalue weighted by atomic mass is 10.6. The zero-order valence-corrected chi connectivity index (χ0v) is 5.24. The molecule has 0 aliphatic heterocycles. The molecule has 10 heavy (non-hydrogen) atoms. The summed E-state index contributed by atoms with van der Waals surface area (Å²) >= 11 is 0. The van der Waals surface area contributed by atoms with Crippen molar-refractivity contribution >= 4 is 5.97 Å². The van der Waals surface area contributed by atoms with Crippen molar-refractivity contribution in [2.75, 3.05) is 0 Å². The first-order valence-electron chi connectivity index (χ1n) is 2.70. The first kappa shape index (κ1) is 6.61. The van der Waals surface area contributed by atoms with E-state index in [1.165, 1.54) is 6.26 Å². The van der Waals surface area contributed by atoms with E-state index in [9.17, 15) is 4.79 Å². The second-order valence-corrected chi connectivity index (χ2v) is 1.56. The lowest BCUT2D eigenvalue weighted by molar-refractivity contribution is -0.130. The minimum atomic E-state index is -0.519. The average Bonchev–Trinajstić information content (AvgIpc) is 2.40. The highest BCUT2D eigenvalue weighted by atomic mass is 16.6. The molecule has 0 aromatic carbocycles. The molecule has 0 unspecified atom stereocenters. The largest absolute Gasteiger partial charge is 0.434 e. The van der Waals surface area contributed by atoms with E-state index in [4.69, 9.17) is 4.42 Å². The van der Waals surface area contributed by atoms with Gasteiger partial charge in [0.1, 0.15) is 0 Å². The Hall–Kier alpha value is -1.51. The second-order valence-electron chi connectivity index (χ2n) is 1.56. The van der Waals surface area contributed by atoms with E-state index in [0.29, 0.717) is 0 Å². The van der Waals surface area contributed by atoms with Crippen LogP contribution in [0.1, 0.15) is 0 Å². The smallest absolute Gasteiger partial charge is 0.337 e. The van der Waals surface area contributed by atoms with Crippen LogP contribution >= 0.6 is 0 Å². The van der Waals surface area contributed by atoms with Crippen LogP contribution in [0.5, 0.6) is 5.95 Å². The summed E-state index contributed by atoms with van der Waals surface area (Å²) in [7, 11) is 0. The zero-order chi connectivity index (χ0) is 7.40. The van der Waals surface area contributed by atoms with E-state index >= 15 is 0 Å². The third-order valence-electron chi connectivity index (χ3n) is 0.863. The molecule has 0 atom stereocenters. The van der Waals surface area contributed by atoms with Crippen LogP contribution < -0.4 is 4.74 Å². The van der Waals surface area contributed by atoms with Crippen molar-refractivity contribution in [3.8, 4) is 5.95 Å². The van der Waals surface area contributed by atoms with E-state index < -0.39 is 5.97 Å². The van der Waals surface area contributed by atoms with Gasteiger partial charge in [-0.25, -0.2) is 4.79 Å². The normalized spacial score (nSPS) is 8.80. The summed E-state index contributed by atoms with van der Waals surface area (Å²) in [4.78, 5) is 10.5. The number of esters is 1. The lowest BCUT2D eigenvalue weighted by Crippen LogP contribution is -2.01. The summed E-state index contributed by atoms with van der Waals surface area (Å²) in [6.45, 7) is 3.22. The Kier molecular flexibility index (Phi) is 1.89. The Bertz CT molecular complexity index is 223. The van der Waals surface area contributed by atoms with Crippen LogP contribution in [0.4, 0.5) is 0 Å². The molecule has 0 saturated carbocycles. The van der Waals surface area contributed by atoms with E-state index in [1.54, 1.807) is 12.1 Å². The third kappa shape index (κ3) is 1.48. The zero-order valence-electron chi connectivity index (χ0n) is 5.24. The molecule has 0 N–H and O–H groups in total. The second kappa shape index (κ2) is 2.87. The number of carbonyl (C=O) groups is 1. The van der Waals surface area contributed by atoms with Gasteiger partial charge in [0.25, 0.3) is 5.95 Å². The molecule has 1 rings (SSSR count). The van der Waals surface area contributed by atoms with Crippen LogP contribution in [0.15, 0.2) is 35.5 Å². The SMILES string of the molecule is C=CC(=O)Oc1ccco1. The van der Waals surface area contributed by atoms with Gasteiger partial charge in [-0.1, -0.05) is 6.58 Å². The van der Waals surface area contributed by atoms with E-state index in [-0.39, 0.29) is 5.95 Å². The van der Waals surface area contributed by atoms with Crippen molar-refractivity contribution in [1.82, 2.24) is 0 Å². The molecule has 3 heteroatoms. The molecule has 1 aromatic rings. The highest BCUT2D eigenvalue weighted by Gasteiger charge is 1.99. The van der Waals surface area contributed by atoms with Crippen LogP contribution in [0, 0.1) is 0 Å². The van der Waals surface area contributed by atoms with Gasteiger partial charge in [0.15, 0.2) is 0 Å². The van der Waals surface area contributed by atoms with Gasteiger partial charge in [-0.2, -0.15) is 0 Å². The van der Waals surface area contributed by atoms with Crippen molar-refractivity contribution in [3.05, 3.63) is 31.1 Å². The highest BCUT2D eigenvalue weighted by Crippen LogP contribution is 2.09. The Morgan fingerprint density at radius 1 is 1.80 bits per heavy atom. The standard InChI is InChI=1S/C7H6O3/c1-2-6(8)10-7-4-3-5-9-7/h2-5H,1H2. The quantitative estimate of drug-likeness (QED) is 0.457. The van der Waals surface area contributed by atoms with E-state index in [2.05, 4.69) is 11.3 Å². The lowest BCUT2D eigenvalue weighted by Gasteiger charge is -1.91. The van der Waals surface area contributed by atoms with Crippen molar-refractivity contribution in [2.24, 2.45) is 0 Å². The number of rotatable bonds is 2. The monoisotopic (exact) mass is 138 g/mol. The Morgan fingerprint density at radius 3 is 3.10 bits per heavy atom. The number of furan rings is 1. The van der Waals surface area contributed by atoms with Crippen LogP contribution in [0.25, 0.3) is 0 Å². The van der Waals surface area contributed by atoms with Crippen molar-refractivity contribution < 1.29 is 13.9 Å². The average molecular weight is 138 g/mol. The van der Waals surface area contributed by atoms with Gasteiger partial charge in [0, 0.05) is 12.1 Å². The van der Waals surface area contributed by atoms with Gasteiger partial charge in [-0.15, -0.1) is 0 Å². The number of hydrogen-bond acceptors (Lipinski definition) is 3. The fraction of sp³-hybridized carbons (Fsp3) is 0. The summed E-state index contributed by atoms with van der Waals surface area (Å²) < 4.78 is 9.30. The fourth-order valence-corrected chi connectivity index (χ4v) is 0.462. The van der Waals surface area contributed by atoms with Crippen LogP contribution in [-0.4, -0.2) is 5.97 Å². The molecule has 0 fully saturated rings. The summed E-state index contributed by atoms with van der Waals surface area (Å²) in [6.07, 6.45) is 2.49. The minimum Gasteiger partial charge on any atom is -0.434 e. The van der Waals surface area contributed by atoms with Crippen LogP contribution in [-0.2, 0) is 4.79 Å². The molecule has 1 aromatic heterocycles. The maximum atomic E-state index is 10.5. The number of carbonyl (C=O) groups excluding carboxylic acids is 1. The summed E-state index contributed by atoms with van der Waals surface area (Å²) in [5.41, 5.74) is 0. The van der Waals surface area contributed by atoms with E-state index in [1.807, 2.05) is 0 Å². The predicted molar refractivity (Wildman–Crippen MR) is 34.5 cm³/mol. The molecule has 52 valence electrons. The number of hydrogen-bond donors (Lipinski definition) is 0. The molecule has 1 heterocycles. The van der Waals surface area contributed by atoms with Crippen molar-refractivity contribution in [3.63, 3.8) is 0 Å². The molecular formula is C7H6O3. The molecule has 0 radical (unpaired) electrons. The fourth-order valence-electron chi connectivity index (χ4n) is 0.462. The molecule has 0 aliphatic carbocycles. The highest BCUT2D eigenvalue weighted by molar-refractivity contribution is 5.82. The first-order chi connectivity index (χ1) is 4.83. The van der Waals surface area contributed by atoms with Crippen LogP contribution in [0.2, 0.25) is 0 Å². The molecule has 0 spiro atoms. The van der Waals surface area contributed by atoms with Gasteiger partial charge < -0.3 is 9.15 Å². The Labute approximate surface area is 57.9 Å². The molecular weight excluding hydrogens is 132 g/mol. The molecule has 0 saturated heterocycles. The summed E-state index contributed by atoms with van der Waals surface area (Å²) in [5, 5.41) is 0.